The number of alkyl halides is 3. The Morgan fingerprint density at radius 3 is 2.67 bits per heavy atom. The number of aromatic nitrogens is 5. The number of halogens is 4. The van der Waals surface area contributed by atoms with Crippen LogP contribution in [0.15, 0.2) is 49.1 Å². The van der Waals surface area contributed by atoms with Gasteiger partial charge in [0.2, 0.25) is 0 Å². The van der Waals surface area contributed by atoms with Gasteiger partial charge in [0.15, 0.2) is 35.1 Å². The summed E-state index contributed by atoms with van der Waals surface area (Å²) in [6, 6.07) is 5.86. The number of nitrogens with zero attached hydrogens (tertiary/aromatic N) is 5. The fourth-order valence-corrected chi connectivity index (χ4v) is 4.18. The lowest BCUT2D eigenvalue weighted by Gasteiger charge is -2.17. The smallest absolute Gasteiger partial charge is 0.387 e. The highest BCUT2D eigenvalue weighted by Gasteiger charge is 2.47. The number of anilines is 1. The second-order valence-corrected chi connectivity index (χ2v) is 8.71. The Balaban J connectivity index is 1.56. The number of aliphatic hydroxyl groups is 2. The number of ether oxygens (including phenoxy) is 1. The fraction of sp³-hybridized carbons (Fsp3) is 0.292. The third-order valence-electron chi connectivity index (χ3n) is 6.12. The summed E-state index contributed by atoms with van der Waals surface area (Å²) in [5.74, 6) is -1.24. The quantitative estimate of drug-likeness (QED) is 0.266. The summed E-state index contributed by atoms with van der Waals surface area (Å²) in [6.45, 7) is -0.0796. The monoisotopic (exact) mass is 547 g/mol. The molecule has 1 saturated heterocycles. The number of likely N-dealkylation sites (N-methyl/N-ethyl adjacent to an activating group) is 1. The zero-order valence-electron chi connectivity index (χ0n) is 20.1. The number of aliphatic hydroxyl groups excluding tert-OH is 2. The number of pyridine rings is 1. The van der Waals surface area contributed by atoms with Gasteiger partial charge < -0.3 is 25.6 Å². The predicted molar refractivity (Wildman–Crippen MR) is 127 cm³/mol. The van der Waals surface area contributed by atoms with Crippen molar-refractivity contribution in [1.82, 2.24) is 29.8 Å². The minimum Gasteiger partial charge on any atom is -0.387 e. The largest absolute Gasteiger partial charge is 0.416 e. The number of imidazole rings is 1. The number of hydrogen-bond acceptors (Lipinski definition) is 9. The van der Waals surface area contributed by atoms with Crippen LogP contribution in [0.4, 0.5) is 23.4 Å². The van der Waals surface area contributed by atoms with Gasteiger partial charge in [-0.15, -0.1) is 0 Å². The summed E-state index contributed by atoms with van der Waals surface area (Å²) in [4.78, 5) is 29.0. The minimum absolute atomic E-state index is 0.0151. The molecular weight excluding hydrogens is 526 g/mol. The van der Waals surface area contributed by atoms with E-state index in [9.17, 15) is 32.6 Å². The van der Waals surface area contributed by atoms with E-state index in [1.807, 2.05) is 0 Å². The molecule has 1 aliphatic heterocycles. The van der Waals surface area contributed by atoms with Crippen LogP contribution in [0.3, 0.4) is 0 Å². The van der Waals surface area contributed by atoms with E-state index in [0.29, 0.717) is 5.56 Å². The van der Waals surface area contributed by atoms with Gasteiger partial charge in [0.1, 0.15) is 18.0 Å². The van der Waals surface area contributed by atoms with Gasteiger partial charge in [-0.05, 0) is 23.8 Å². The first-order valence-electron chi connectivity index (χ1n) is 11.6. The standard InChI is InChI=1S/C24H21F4N7O4/c1-29-22(38)18-16(36)17(37)23(39-18)35-10-32-15-20(31-7-11-3-2-4-13(5-11)24(26,27)28)33-19(34-21(15)35)12-6-14(25)9-30-8-12/h2-6,8-10,16-18,23,36-37H,7H2,1H3,(H,29,38)(H,31,33,34). The Morgan fingerprint density at radius 2 is 1.95 bits per heavy atom. The molecule has 5 rings (SSSR count). The summed E-state index contributed by atoms with van der Waals surface area (Å²) >= 11 is 0. The summed E-state index contributed by atoms with van der Waals surface area (Å²) in [5.41, 5.74) is -0.116. The van der Waals surface area contributed by atoms with Gasteiger partial charge >= 0.3 is 6.18 Å². The number of amides is 1. The van der Waals surface area contributed by atoms with Gasteiger partial charge in [0, 0.05) is 25.4 Å². The maximum absolute atomic E-state index is 13.9. The Labute approximate surface area is 217 Å². The third-order valence-corrected chi connectivity index (χ3v) is 6.12. The molecule has 11 nitrogen and oxygen atoms in total. The topological polar surface area (TPSA) is 147 Å². The number of nitrogens with one attached hydrogen (secondary N) is 2. The zero-order valence-corrected chi connectivity index (χ0v) is 20.1. The van der Waals surface area contributed by atoms with E-state index in [4.69, 9.17) is 4.74 Å². The zero-order chi connectivity index (χ0) is 27.9. The molecule has 15 heteroatoms. The van der Waals surface area contributed by atoms with Gasteiger partial charge in [0.05, 0.1) is 18.1 Å². The molecule has 204 valence electrons. The highest BCUT2D eigenvalue weighted by molar-refractivity contribution is 5.85. The second-order valence-electron chi connectivity index (χ2n) is 8.71. The first-order valence-corrected chi connectivity index (χ1v) is 11.6. The van der Waals surface area contributed by atoms with Gasteiger partial charge in [-0.25, -0.2) is 19.3 Å². The minimum atomic E-state index is -4.52. The summed E-state index contributed by atoms with van der Waals surface area (Å²) in [7, 11) is 1.35. The van der Waals surface area contributed by atoms with Crippen molar-refractivity contribution in [3.8, 4) is 11.4 Å². The fourth-order valence-electron chi connectivity index (χ4n) is 4.18. The number of fused-ring (bicyclic) bond motifs is 1. The lowest BCUT2D eigenvalue weighted by atomic mass is 10.1. The van der Waals surface area contributed by atoms with Crippen LogP contribution < -0.4 is 10.6 Å². The van der Waals surface area contributed by atoms with Crippen LogP contribution in [-0.4, -0.2) is 66.0 Å². The van der Waals surface area contributed by atoms with Crippen molar-refractivity contribution in [3.05, 3.63) is 66.0 Å². The van der Waals surface area contributed by atoms with Crippen molar-refractivity contribution < 1.29 is 37.3 Å². The average molecular weight is 547 g/mol. The third kappa shape index (κ3) is 5.10. The van der Waals surface area contributed by atoms with Crippen molar-refractivity contribution in [2.45, 2.75) is 37.3 Å². The molecule has 1 aliphatic rings. The van der Waals surface area contributed by atoms with Crippen LogP contribution in [0.25, 0.3) is 22.6 Å². The van der Waals surface area contributed by atoms with Crippen molar-refractivity contribution in [2.24, 2.45) is 0 Å². The molecule has 0 radical (unpaired) electrons. The van der Waals surface area contributed by atoms with Gasteiger partial charge in [-0.3, -0.25) is 14.3 Å². The molecule has 4 heterocycles. The summed E-state index contributed by atoms with van der Waals surface area (Å²) in [5, 5.41) is 26.3. The van der Waals surface area contributed by atoms with Crippen LogP contribution in [-0.2, 0) is 22.3 Å². The Hall–Kier alpha value is -4.21. The average Bonchev–Trinajstić information content (AvgIpc) is 3.47. The van der Waals surface area contributed by atoms with Crippen LogP contribution in [0.2, 0.25) is 0 Å². The van der Waals surface area contributed by atoms with Crippen LogP contribution in [0.1, 0.15) is 17.4 Å². The number of benzene rings is 1. The molecule has 3 aromatic heterocycles. The Bertz CT molecular complexity index is 1530. The van der Waals surface area contributed by atoms with Crippen LogP contribution in [0.5, 0.6) is 0 Å². The van der Waals surface area contributed by atoms with Crippen molar-refractivity contribution in [1.29, 1.82) is 0 Å². The molecule has 4 atom stereocenters. The molecule has 39 heavy (non-hydrogen) atoms. The number of rotatable bonds is 6. The lowest BCUT2D eigenvalue weighted by Crippen LogP contribution is -2.41. The molecule has 0 saturated carbocycles. The van der Waals surface area contributed by atoms with Crippen LogP contribution >= 0.6 is 0 Å². The molecule has 1 amide bonds. The van der Waals surface area contributed by atoms with E-state index in [-0.39, 0.29) is 34.9 Å². The van der Waals surface area contributed by atoms with Gasteiger partial charge in [-0.2, -0.15) is 13.2 Å². The maximum atomic E-state index is 13.9. The molecule has 0 spiro atoms. The van der Waals surface area contributed by atoms with E-state index in [0.717, 1.165) is 24.4 Å². The number of carbonyl (C=O) groups is 1. The first-order chi connectivity index (χ1) is 18.6. The molecule has 4 aromatic rings. The molecular formula is C24H21F4N7O4. The second kappa shape index (κ2) is 10.2. The Kier molecular flexibility index (Phi) is 6.88. The Morgan fingerprint density at radius 1 is 1.15 bits per heavy atom. The first kappa shape index (κ1) is 26.4. The van der Waals surface area contributed by atoms with Crippen LogP contribution in [0, 0.1) is 5.82 Å². The number of carbonyl (C=O) groups excluding carboxylic acids is 1. The summed E-state index contributed by atoms with van der Waals surface area (Å²) in [6.07, 6.45) is -6.73. The summed E-state index contributed by atoms with van der Waals surface area (Å²) < 4.78 is 60.3. The van der Waals surface area contributed by atoms with Crippen molar-refractivity contribution in [3.63, 3.8) is 0 Å². The normalized spacial score (nSPS) is 21.3. The molecule has 4 unspecified atom stereocenters. The van der Waals surface area contributed by atoms with E-state index in [1.54, 1.807) is 0 Å². The van der Waals surface area contributed by atoms with Gasteiger partial charge in [-0.1, -0.05) is 12.1 Å². The van der Waals surface area contributed by atoms with Gasteiger partial charge in [0.25, 0.3) is 5.91 Å². The number of hydrogen-bond donors (Lipinski definition) is 4. The van der Waals surface area contributed by atoms with E-state index in [2.05, 4.69) is 30.6 Å². The van der Waals surface area contributed by atoms with E-state index >= 15 is 0 Å². The van der Waals surface area contributed by atoms with E-state index < -0.39 is 48.0 Å². The molecule has 1 aromatic carbocycles. The molecule has 4 N–H and O–H groups in total. The van der Waals surface area contributed by atoms with E-state index in [1.165, 1.54) is 36.3 Å². The lowest BCUT2D eigenvalue weighted by molar-refractivity contribution is -0.138. The SMILES string of the molecule is CNC(=O)C1OC(n2cnc3c(NCc4cccc(C(F)(F)F)c4)nc(-c4cncc(F)c4)nc32)C(O)C1O. The van der Waals surface area contributed by atoms with Crippen molar-refractivity contribution in [2.75, 3.05) is 12.4 Å². The predicted octanol–water partition coefficient (Wildman–Crippen LogP) is 2.02. The van der Waals surface area contributed by atoms with Crippen molar-refractivity contribution >= 4 is 22.9 Å². The molecule has 1 fully saturated rings. The molecule has 0 bridgehead atoms. The maximum Gasteiger partial charge on any atom is 0.416 e. The highest BCUT2D eigenvalue weighted by atomic mass is 19.4. The highest BCUT2D eigenvalue weighted by Crippen LogP contribution is 2.34. The molecule has 0 aliphatic carbocycles.